The Kier molecular flexibility index (Phi) is 4.55. The lowest BCUT2D eigenvalue weighted by Gasteiger charge is -2.16. The van der Waals surface area contributed by atoms with Crippen molar-refractivity contribution in [1.29, 1.82) is 0 Å². The van der Waals surface area contributed by atoms with Crippen LogP contribution >= 0.6 is 0 Å². The van der Waals surface area contributed by atoms with E-state index in [9.17, 15) is 4.79 Å². The number of carbonyl (C=O) groups excluding carboxylic acids is 1. The maximum atomic E-state index is 12.6. The molecule has 4 aromatic rings. The van der Waals surface area contributed by atoms with Crippen LogP contribution in [0.15, 0.2) is 57.7 Å². The van der Waals surface area contributed by atoms with Crippen LogP contribution in [0.3, 0.4) is 0 Å². The van der Waals surface area contributed by atoms with Crippen molar-refractivity contribution in [3.63, 3.8) is 0 Å². The van der Waals surface area contributed by atoms with Crippen molar-refractivity contribution >= 4 is 11.6 Å². The number of amides is 1. The molecule has 3 aromatic heterocycles. The topological polar surface area (TPSA) is 110 Å². The SMILES string of the molecule is CCOc1ccc(N2CC(c3noc(-c4cc(-c5ccco5)n[nH]4)n3)CC2=O)cc1. The van der Waals surface area contributed by atoms with E-state index in [1.54, 1.807) is 23.3 Å². The van der Waals surface area contributed by atoms with Crippen molar-refractivity contribution in [2.24, 2.45) is 0 Å². The van der Waals surface area contributed by atoms with Crippen molar-refractivity contribution in [2.75, 3.05) is 18.1 Å². The molecule has 0 saturated carbocycles. The normalized spacial score (nSPS) is 16.4. The van der Waals surface area contributed by atoms with Crippen LogP contribution in [0.4, 0.5) is 5.69 Å². The summed E-state index contributed by atoms with van der Waals surface area (Å²) in [5.41, 5.74) is 2.06. The highest BCUT2D eigenvalue weighted by atomic mass is 16.5. The van der Waals surface area contributed by atoms with E-state index < -0.39 is 0 Å². The quantitative estimate of drug-likeness (QED) is 0.521. The first-order valence-electron chi connectivity index (χ1n) is 9.67. The number of hydrogen-bond acceptors (Lipinski definition) is 7. The maximum Gasteiger partial charge on any atom is 0.275 e. The molecule has 1 N–H and O–H groups in total. The minimum atomic E-state index is -0.144. The number of ether oxygens (including phenoxy) is 1. The number of nitrogens with zero attached hydrogens (tertiary/aromatic N) is 4. The van der Waals surface area contributed by atoms with Crippen LogP contribution in [0.1, 0.15) is 25.1 Å². The van der Waals surface area contributed by atoms with E-state index in [0.717, 1.165) is 11.4 Å². The van der Waals surface area contributed by atoms with E-state index in [-0.39, 0.29) is 11.8 Å². The molecule has 1 amide bonds. The summed E-state index contributed by atoms with van der Waals surface area (Å²) in [5.74, 6) is 2.12. The average Bonchev–Trinajstić information content (AvgIpc) is 3.53. The molecule has 0 spiro atoms. The Bertz CT molecular complexity index is 1150. The molecule has 1 aliphatic rings. The number of aromatic nitrogens is 4. The largest absolute Gasteiger partial charge is 0.494 e. The van der Waals surface area contributed by atoms with Gasteiger partial charge in [0.25, 0.3) is 5.89 Å². The number of rotatable bonds is 6. The van der Waals surface area contributed by atoms with Crippen LogP contribution in [-0.2, 0) is 4.79 Å². The molecular weight excluding hydrogens is 386 g/mol. The van der Waals surface area contributed by atoms with Crippen LogP contribution in [0.25, 0.3) is 23.0 Å². The van der Waals surface area contributed by atoms with Crippen molar-refractivity contribution in [1.82, 2.24) is 20.3 Å². The number of benzene rings is 1. The summed E-state index contributed by atoms with van der Waals surface area (Å²) in [6.07, 6.45) is 1.91. The lowest BCUT2D eigenvalue weighted by molar-refractivity contribution is -0.117. The zero-order chi connectivity index (χ0) is 20.5. The van der Waals surface area contributed by atoms with Gasteiger partial charge in [0.05, 0.1) is 12.9 Å². The van der Waals surface area contributed by atoms with Crippen LogP contribution in [0.5, 0.6) is 5.75 Å². The maximum absolute atomic E-state index is 12.6. The van der Waals surface area contributed by atoms with Gasteiger partial charge in [0.2, 0.25) is 5.91 Å². The molecule has 9 heteroatoms. The Morgan fingerprint density at radius 2 is 2.13 bits per heavy atom. The molecule has 1 aromatic carbocycles. The monoisotopic (exact) mass is 405 g/mol. The van der Waals surface area contributed by atoms with Gasteiger partial charge in [0.15, 0.2) is 11.6 Å². The number of nitrogens with one attached hydrogen (secondary N) is 1. The minimum absolute atomic E-state index is 0.0251. The van der Waals surface area contributed by atoms with E-state index in [1.807, 2.05) is 37.3 Å². The second-order valence-corrected chi connectivity index (χ2v) is 6.93. The summed E-state index contributed by atoms with van der Waals surface area (Å²) in [5, 5.41) is 11.2. The summed E-state index contributed by atoms with van der Waals surface area (Å²) >= 11 is 0. The summed E-state index contributed by atoms with van der Waals surface area (Å²) in [6, 6.07) is 12.9. The molecule has 0 radical (unpaired) electrons. The van der Waals surface area contributed by atoms with Crippen molar-refractivity contribution < 1.29 is 18.5 Å². The fourth-order valence-corrected chi connectivity index (χ4v) is 3.51. The molecule has 0 aliphatic carbocycles. The van der Waals surface area contributed by atoms with Gasteiger partial charge in [-0.3, -0.25) is 9.89 Å². The number of furan rings is 1. The first-order valence-corrected chi connectivity index (χ1v) is 9.67. The van der Waals surface area contributed by atoms with Crippen LogP contribution in [0.2, 0.25) is 0 Å². The highest BCUT2D eigenvalue weighted by Crippen LogP contribution is 2.32. The standard InChI is InChI=1S/C21H19N5O4/c1-2-28-15-7-5-14(6-8-15)26-12-13(10-19(26)27)20-22-21(30-25-20)17-11-16(23-24-17)18-4-3-9-29-18/h3-9,11,13H,2,10,12H2,1H3,(H,23,24). The average molecular weight is 405 g/mol. The van der Waals surface area contributed by atoms with E-state index >= 15 is 0 Å². The predicted molar refractivity (Wildman–Crippen MR) is 107 cm³/mol. The first kappa shape index (κ1) is 18.2. The Balaban J connectivity index is 1.31. The lowest BCUT2D eigenvalue weighted by atomic mass is 10.1. The van der Waals surface area contributed by atoms with E-state index in [1.165, 1.54) is 0 Å². The molecule has 1 fully saturated rings. The van der Waals surface area contributed by atoms with Gasteiger partial charge < -0.3 is 18.6 Å². The van der Waals surface area contributed by atoms with Crippen LogP contribution in [0, 0.1) is 0 Å². The molecular formula is C21H19N5O4. The van der Waals surface area contributed by atoms with E-state index in [4.69, 9.17) is 13.7 Å². The van der Waals surface area contributed by atoms with Gasteiger partial charge in [-0.1, -0.05) is 5.16 Å². The van der Waals surface area contributed by atoms with Gasteiger partial charge in [-0.25, -0.2) is 0 Å². The van der Waals surface area contributed by atoms with Crippen LogP contribution < -0.4 is 9.64 Å². The Labute approximate surface area is 171 Å². The predicted octanol–water partition coefficient (Wildman–Crippen LogP) is 3.64. The van der Waals surface area contributed by atoms with Gasteiger partial charge >= 0.3 is 0 Å². The third-order valence-electron chi connectivity index (χ3n) is 4.97. The third-order valence-corrected chi connectivity index (χ3v) is 4.97. The summed E-state index contributed by atoms with van der Waals surface area (Å²) in [7, 11) is 0. The zero-order valence-electron chi connectivity index (χ0n) is 16.2. The number of aromatic amines is 1. The molecule has 30 heavy (non-hydrogen) atoms. The Morgan fingerprint density at radius 1 is 1.27 bits per heavy atom. The van der Waals surface area contributed by atoms with Crippen molar-refractivity contribution in [3.8, 4) is 28.8 Å². The molecule has 1 atom stereocenters. The Hall–Kier alpha value is -3.88. The van der Waals surface area contributed by atoms with E-state index in [0.29, 0.717) is 48.4 Å². The lowest BCUT2D eigenvalue weighted by Crippen LogP contribution is -2.24. The Morgan fingerprint density at radius 3 is 2.90 bits per heavy atom. The first-order chi connectivity index (χ1) is 14.7. The molecule has 152 valence electrons. The fourth-order valence-electron chi connectivity index (χ4n) is 3.51. The van der Waals surface area contributed by atoms with E-state index in [2.05, 4.69) is 20.3 Å². The fraction of sp³-hybridized carbons (Fsp3) is 0.238. The molecule has 0 bridgehead atoms. The smallest absolute Gasteiger partial charge is 0.275 e. The van der Waals surface area contributed by atoms with Gasteiger partial charge in [-0.15, -0.1) is 0 Å². The minimum Gasteiger partial charge on any atom is -0.494 e. The number of H-pyrrole nitrogens is 1. The zero-order valence-corrected chi connectivity index (χ0v) is 16.2. The molecule has 1 aliphatic heterocycles. The summed E-state index contributed by atoms with van der Waals surface area (Å²) < 4.78 is 16.2. The third kappa shape index (κ3) is 3.34. The van der Waals surface area contributed by atoms with Gasteiger partial charge in [0, 0.05) is 30.6 Å². The molecule has 9 nitrogen and oxygen atoms in total. The second kappa shape index (κ2) is 7.51. The number of carbonyl (C=O) groups is 1. The van der Waals surface area contributed by atoms with Gasteiger partial charge in [-0.05, 0) is 43.3 Å². The van der Waals surface area contributed by atoms with Crippen molar-refractivity contribution in [2.45, 2.75) is 19.3 Å². The second-order valence-electron chi connectivity index (χ2n) is 6.93. The summed E-state index contributed by atoms with van der Waals surface area (Å²) in [6.45, 7) is 3.03. The highest BCUT2D eigenvalue weighted by molar-refractivity contribution is 5.96. The molecule has 5 rings (SSSR count). The van der Waals surface area contributed by atoms with Crippen molar-refractivity contribution in [3.05, 3.63) is 54.6 Å². The van der Waals surface area contributed by atoms with Gasteiger partial charge in [0.1, 0.15) is 17.1 Å². The molecule has 1 saturated heterocycles. The molecule has 1 unspecified atom stereocenters. The summed E-state index contributed by atoms with van der Waals surface area (Å²) in [4.78, 5) is 18.8. The number of hydrogen-bond donors (Lipinski definition) is 1. The van der Waals surface area contributed by atoms with Gasteiger partial charge in [-0.2, -0.15) is 10.1 Å². The highest BCUT2D eigenvalue weighted by Gasteiger charge is 2.34. The molecule has 4 heterocycles. The van der Waals surface area contributed by atoms with Crippen LogP contribution in [-0.4, -0.2) is 39.4 Å². The number of anilines is 1.